The zero-order valence-electron chi connectivity index (χ0n) is 16.6. The molecule has 2 N–H and O–H groups in total. The van der Waals surface area contributed by atoms with E-state index in [-0.39, 0.29) is 5.91 Å². The molecule has 29 heavy (non-hydrogen) atoms. The number of fused-ring (bicyclic) bond motifs is 1. The lowest BCUT2D eigenvalue weighted by Gasteiger charge is -2.23. The van der Waals surface area contributed by atoms with Gasteiger partial charge in [-0.3, -0.25) is 4.79 Å². The summed E-state index contributed by atoms with van der Waals surface area (Å²) in [4.78, 5) is 26.2. The first-order valence-electron chi connectivity index (χ1n) is 10.0. The maximum absolute atomic E-state index is 13.0. The Bertz CT molecular complexity index is 957. The number of aryl methyl sites for hydroxylation is 2. The Morgan fingerprint density at radius 3 is 2.93 bits per heavy atom. The van der Waals surface area contributed by atoms with Crippen LogP contribution in [0.3, 0.4) is 0 Å². The highest BCUT2D eigenvalue weighted by molar-refractivity contribution is 5.88. The molecule has 2 aromatic heterocycles. The third-order valence-electron chi connectivity index (χ3n) is 5.51. The van der Waals surface area contributed by atoms with Crippen molar-refractivity contribution in [3.8, 4) is 0 Å². The first kappa shape index (κ1) is 19.1. The van der Waals surface area contributed by atoms with Crippen molar-refractivity contribution < 1.29 is 4.79 Å². The second-order valence-corrected chi connectivity index (χ2v) is 7.65. The van der Waals surface area contributed by atoms with Gasteiger partial charge in [-0.15, -0.1) is 0 Å². The number of imidazole rings is 1. The van der Waals surface area contributed by atoms with Gasteiger partial charge >= 0.3 is 0 Å². The Morgan fingerprint density at radius 2 is 2.14 bits per heavy atom. The van der Waals surface area contributed by atoms with Gasteiger partial charge in [0, 0.05) is 38.2 Å². The van der Waals surface area contributed by atoms with Crippen LogP contribution in [0.2, 0.25) is 0 Å². The van der Waals surface area contributed by atoms with E-state index in [0.29, 0.717) is 19.0 Å². The van der Waals surface area contributed by atoms with Gasteiger partial charge in [0.05, 0.1) is 17.4 Å². The molecule has 0 saturated carbocycles. The number of nitrogens with one attached hydrogen (secondary N) is 2. The van der Waals surface area contributed by atoms with Crippen LogP contribution in [0.15, 0.2) is 55.2 Å². The van der Waals surface area contributed by atoms with Crippen LogP contribution in [0.25, 0.3) is 0 Å². The highest BCUT2D eigenvalue weighted by Gasteiger charge is 2.42. The summed E-state index contributed by atoms with van der Waals surface area (Å²) in [6, 6.07) is 10.1. The lowest BCUT2D eigenvalue weighted by atomic mass is 9.86. The van der Waals surface area contributed by atoms with E-state index in [4.69, 9.17) is 4.98 Å². The third kappa shape index (κ3) is 4.29. The number of hydrogen-bond donors (Lipinski definition) is 2. The summed E-state index contributed by atoms with van der Waals surface area (Å²) in [6.07, 6.45) is 9.78. The Morgan fingerprint density at radius 1 is 1.28 bits per heavy atom. The minimum Gasteiger partial charge on any atom is -0.355 e. The second-order valence-electron chi connectivity index (χ2n) is 7.65. The summed E-state index contributed by atoms with van der Waals surface area (Å²) in [7, 11) is 0. The van der Waals surface area contributed by atoms with E-state index in [1.165, 1.54) is 0 Å². The van der Waals surface area contributed by atoms with Crippen LogP contribution in [-0.2, 0) is 29.7 Å². The summed E-state index contributed by atoms with van der Waals surface area (Å²) in [6.45, 7) is 4.10. The maximum atomic E-state index is 13.0. The molecular weight excluding hydrogens is 364 g/mol. The molecule has 0 saturated heterocycles. The molecule has 7 nitrogen and oxygen atoms in total. The summed E-state index contributed by atoms with van der Waals surface area (Å²) in [5, 5.41) is 6.36. The van der Waals surface area contributed by atoms with E-state index in [0.717, 1.165) is 42.6 Å². The van der Waals surface area contributed by atoms with Crippen molar-refractivity contribution in [2.75, 3.05) is 11.9 Å². The molecule has 4 rings (SSSR count). The average molecular weight is 390 g/mol. The van der Waals surface area contributed by atoms with E-state index in [2.05, 4.69) is 32.7 Å². The number of carbonyl (C=O) groups excluding carboxylic acids is 1. The van der Waals surface area contributed by atoms with Crippen molar-refractivity contribution in [1.29, 1.82) is 0 Å². The van der Waals surface area contributed by atoms with Crippen molar-refractivity contribution in [2.24, 2.45) is 0 Å². The van der Waals surface area contributed by atoms with Gasteiger partial charge in [0.1, 0.15) is 0 Å². The van der Waals surface area contributed by atoms with Crippen LogP contribution < -0.4 is 10.6 Å². The van der Waals surface area contributed by atoms with Crippen LogP contribution >= 0.6 is 0 Å². The number of amides is 1. The summed E-state index contributed by atoms with van der Waals surface area (Å²) >= 11 is 0. The number of nitrogens with zero attached hydrogens (tertiary/aromatic N) is 4. The molecule has 1 aliphatic rings. The SMILES string of the molecule is CC1(C(=O)NCCCn2ccnc2)CCc2cnc(NCc3ccccc3)nc21. The second kappa shape index (κ2) is 8.43. The molecule has 1 unspecified atom stereocenters. The molecule has 0 bridgehead atoms. The van der Waals surface area contributed by atoms with Gasteiger partial charge in [-0.1, -0.05) is 30.3 Å². The minimum atomic E-state index is -0.615. The zero-order valence-corrected chi connectivity index (χ0v) is 16.6. The van der Waals surface area contributed by atoms with Crippen LogP contribution in [-0.4, -0.2) is 32.0 Å². The molecule has 0 aliphatic heterocycles. The first-order chi connectivity index (χ1) is 14.1. The minimum absolute atomic E-state index is 0.0367. The van der Waals surface area contributed by atoms with Crippen molar-refractivity contribution >= 4 is 11.9 Å². The van der Waals surface area contributed by atoms with Gasteiger partial charge in [-0.2, -0.15) is 0 Å². The van der Waals surface area contributed by atoms with Gasteiger partial charge in [0.15, 0.2) is 0 Å². The number of carbonyl (C=O) groups is 1. The van der Waals surface area contributed by atoms with Crippen molar-refractivity contribution in [2.45, 2.75) is 44.7 Å². The lowest BCUT2D eigenvalue weighted by molar-refractivity contribution is -0.126. The fourth-order valence-electron chi connectivity index (χ4n) is 3.73. The van der Waals surface area contributed by atoms with Crippen molar-refractivity contribution in [1.82, 2.24) is 24.8 Å². The molecule has 150 valence electrons. The quantitative estimate of drug-likeness (QED) is 0.578. The summed E-state index contributed by atoms with van der Waals surface area (Å²) in [5.74, 6) is 0.600. The van der Waals surface area contributed by atoms with E-state index in [9.17, 15) is 4.79 Å². The highest BCUT2D eigenvalue weighted by atomic mass is 16.2. The summed E-state index contributed by atoms with van der Waals surface area (Å²) in [5.41, 5.74) is 2.45. The molecule has 0 fully saturated rings. The normalized spacial score (nSPS) is 17.7. The number of benzene rings is 1. The van der Waals surface area contributed by atoms with Gasteiger partial charge in [-0.25, -0.2) is 15.0 Å². The standard InChI is InChI=1S/C22H26N6O/c1-22(20(29)24-10-5-12-28-13-11-23-16-28)9-8-18-15-26-21(27-19(18)22)25-14-17-6-3-2-4-7-17/h2-4,6-7,11,13,15-16H,5,8-10,12,14H2,1H3,(H,24,29)(H,25,26,27). The Hall–Kier alpha value is -3.22. The molecule has 1 aromatic carbocycles. The fraction of sp³-hybridized carbons (Fsp3) is 0.364. The van der Waals surface area contributed by atoms with Crippen LogP contribution in [0, 0.1) is 0 Å². The molecule has 1 atom stereocenters. The number of anilines is 1. The lowest BCUT2D eigenvalue weighted by Crippen LogP contribution is -2.42. The van der Waals surface area contributed by atoms with Crippen LogP contribution in [0.5, 0.6) is 0 Å². The smallest absolute Gasteiger partial charge is 0.232 e. The largest absolute Gasteiger partial charge is 0.355 e. The van der Waals surface area contributed by atoms with Gasteiger partial charge in [0.25, 0.3) is 0 Å². The maximum Gasteiger partial charge on any atom is 0.232 e. The molecule has 1 aliphatic carbocycles. The van der Waals surface area contributed by atoms with E-state index >= 15 is 0 Å². The Kier molecular flexibility index (Phi) is 5.55. The number of hydrogen-bond acceptors (Lipinski definition) is 5. The third-order valence-corrected chi connectivity index (χ3v) is 5.51. The van der Waals surface area contributed by atoms with E-state index in [1.54, 1.807) is 12.5 Å². The fourth-order valence-corrected chi connectivity index (χ4v) is 3.73. The number of rotatable bonds is 8. The molecule has 1 amide bonds. The van der Waals surface area contributed by atoms with Crippen LogP contribution in [0.1, 0.15) is 36.6 Å². The highest BCUT2D eigenvalue weighted by Crippen LogP contribution is 2.37. The van der Waals surface area contributed by atoms with Crippen molar-refractivity contribution in [3.63, 3.8) is 0 Å². The molecule has 3 aromatic rings. The van der Waals surface area contributed by atoms with E-state index < -0.39 is 5.41 Å². The summed E-state index contributed by atoms with van der Waals surface area (Å²) < 4.78 is 2.01. The van der Waals surface area contributed by atoms with Gasteiger partial charge < -0.3 is 15.2 Å². The molecule has 2 heterocycles. The van der Waals surface area contributed by atoms with Crippen molar-refractivity contribution in [3.05, 3.63) is 72.1 Å². The predicted octanol–water partition coefficient (Wildman–Crippen LogP) is 2.70. The van der Waals surface area contributed by atoms with E-state index in [1.807, 2.05) is 42.1 Å². The van der Waals surface area contributed by atoms with Crippen LogP contribution in [0.4, 0.5) is 5.95 Å². The molecule has 0 spiro atoms. The first-order valence-corrected chi connectivity index (χ1v) is 10.0. The molecular formula is C22H26N6O. The van der Waals surface area contributed by atoms with Gasteiger partial charge in [-0.05, 0) is 37.3 Å². The Balaban J connectivity index is 1.38. The molecule has 7 heteroatoms. The molecule has 0 radical (unpaired) electrons. The monoisotopic (exact) mass is 390 g/mol. The zero-order chi connectivity index (χ0) is 20.1. The topological polar surface area (TPSA) is 84.7 Å². The Labute approximate surface area is 170 Å². The van der Waals surface area contributed by atoms with Gasteiger partial charge in [0.2, 0.25) is 11.9 Å². The average Bonchev–Trinajstić information content (AvgIpc) is 3.39. The predicted molar refractivity (Wildman–Crippen MR) is 111 cm³/mol. The number of aromatic nitrogens is 4.